The number of benzene rings is 1. The third kappa shape index (κ3) is 2.79. The molecule has 1 unspecified atom stereocenters. The van der Waals surface area contributed by atoms with Crippen molar-refractivity contribution in [2.24, 2.45) is 0 Å². The first kappa shape index (κ1) is 13.6. The van der Waals surface area contributed by atoms with Crippen LogP contribution in [0.1, 0.15) is 22.8 Å². The summed E-state index contributed by atoms with van der Waals surface area (Å²) in [5.74, 6) is -0.420. The molecule has 1 aromatic carbocycles. The number of hydrogen-bond acceptors (Lipinski definition) is 2. The van der Waals surface area contributed by atoms with E-state index in [2.05, 4.69) is 28.6 Å². The molecule has 1 rings (SSSR count). The summed E-state index contributed by atoms with van der Waals surface area (Å²) in [6, 6.07) is 3.43. The van der Waals surface area contributed by atoms with Crippen LogP contribution in [0.3, 0.4) is 0 Å². The predicted octanol–water partition coefficient (Wildman–Crippen LogP) is 3.96. The number of carbonyl (C=O) groups is 1. The van der Waals surface area contributed by atoms with Crippen molar-refractivity contribution in [1.82, 2.24) is 0 Å². The van der Waals surface area contributed by atoms with Gasteiger partial charge in [-0.2, -0.15) is 13.2 Å². The van der Waals surface area contributed by atoms with E-state index in [1.165, 1.54) is 12.1 Å². The van der Waals surface area contributed by atoms with Crippen LogP contribution < -0.4 is 0 Å². The highest BCUT2D eigenvalue weighted by Gasteiger charge is 2.34. The molecule has 1 aromatic rings. The standard InChI is InChI=1S/C10H8BrF3OS/c1-5(11)8(15)6-3-2-4-7(9(6)16)10(12,13)14/h2-5,16H,1H3. The van der Waals surface area contributed by atoms with E-state index in [1.54, 1.807) is 6.92 Å². The van der Waals surface area contributed by atoms with Crippen molar-refractivity contribution in [3.63, 3.8) is 0 Å². The number of thiol groups is 1. The number of carbonyl (C=O) groups excluding carboxylic acids is 1. The lowest BCUT2D eigenvalue weighted by atomic mass is 10.1. The molecule has 0 bridgehead atoms. The van der Waals surface area contributed by atoms with Gasteiger partial charge in [0.15, 0.2) is 5.78 Å². The molecule has 1 atom stereocenters. The monoisotopic (exact) mass is 312 g/mol. The molecule has 6 heteroatoms. The summed E-state index contributed by atoms with van der Waals surface area (Å²) < 4.78 is 37.6. The summed E-state index contributed by atoms with van der Waals surface area (Å²) in [7, 11) is 0. The molecule has 0 amide bonds. The second kappa shape index (κ2) is 4.79. The van der Waals surface area contributed by atoms with Crippen LogP contribution in [-0.2, 0) is 6.18 Å². The zero-order valence-electron chi connectivity index (χ0n) is 8.18. The third-order valence-electron chi connectivity index (χ3n) is 1.97. The second-order valence-corrected chi connectivity index (χ2v) is 5.00. The van der Waals surface area contributed by atoms with E-state index in [0.717, 1.165) is 6.07 Å². The Balaban J connectivity index is 3.30. The fourth-order valence-electron chi connectivity index (χ4n) is 1.19. The Labute approximate surface area is 105 Å². The van der Waals surface area contributed by atoms with E-state index < -0.39 is 22.4 Å². The van der Waals surface area contributed by atoms with Gasteiger partial charge in [-0.15, -0.1) is 12.6 Å². The van der Waals surface area contributed by atoms with Crippen molar-refractivity contribution in [1.29, 1.82) is 0 Å². The van der Waals surface area contributed by atoms with Crippen molar-refractivity contribution in [3.8, 4) is 0 Å². The zero-order chi connectivity index (χ0) is 12.5. The first-order valence-electron chi connectivity index (χ1n) is 4.32. The summed E-state index contributed by atoms with van der Waals surface area (Å²) in [6.07, 6.45) is -4.50. The Morgan fingerprint density at radius 1 is 1.44 bits per heavy atom. The van der Waals surface area contributed by atoms with Gasteiger partial charge >= 0.3 is 6.18 Å². The molecule has 0 heterocycles. The van der Waals surface area contributed by atoms with Crippen LogP contribution in [0.15, 0.2) is 23.1 Å². The molecule has 0 aromatic heterocycles. The highest BCUT2D eigenvalue weighted by molar-refractivity contribution is 9.10. The fourth-order valence-corrected chi connectivity index (χ4v) is 1.82. The minimum Gasteiger partial charge on any atom is -0.293 e. The Kier molecular flexibility index (Phi) is 4.07. The van der Waals surface area contributed by atoms with E-state index in [4.69, 9.17) is 0 Å². The Hall–Kier alpha value is -0.490. The SMILES string of the molecule is CC(Br)C(=O)c1cccc(C(F)(F)F)c1S. The van der Waals surface area contributed by atoms with Crippen LogP contribution in [0.4, 0.5) is 13.2 Å². The predicted molar refractivity (Wildman–Crippen MR) is 61.4 cm³/mol. The quantitative estimate of drug-likeness (QED) is 0.497. The molecular formula is C10H8BrF3OS. The summed E-state index contributed by atoms with van der Waals surface area (Å²) >= 11 is 6.80. The lowest BCUT2D eigenvalue weighted by Gasteiger charge is -2.13. The van der Waals surface area contributed by atoms with Gasteiger partial charge in [-0.3, -0.25) is 4.79 Å². The molecule has 0 saturated carbocycles. The van der Waals surface area contributed by atoms with Crippen LogP contribution >= 0.6 is 28.6 Å². The molecule has 1 nitrogen and oxygen atoms in total. The maximum absolute atomic E-state index is 12.5. The molecule has 0 aliphatic carbocycles. The van der Waals surface area contributed by atoms with Crippen molar-refractivity contribution in [2.45, 2.75) is 22.8 Å². The lowest BCUT2D eigenvalue weighted by molar-refractivity contribution is -0.139. The molecule has 0 radical (unpaired) electrons. The Morgan fingerprint density at radius 3 is 2.44 bits per heavy atom. The van der Waals surface area contributed by atoms with Crippen molar-refractivity contribution in [2.75, 3.05) is 0 Å². The van der Waals surface area contributed by atoms with Gasteiger partial charge in [0, 0.05) is 10.5 Å². The molecule has 0 aliphatic heterocycles. The van der Waals surface area contributed by atoms with Crippen LogP contribution in [0.5, 0.6) is 0 Å². The molecular weight excluding hydrogens is 305 g/mol. The highest BCUT2D eigenvalue weighted by atomic mass is 79.9. The van der Waals surface area contributed by atoms with Crippen LogP contribution in [0, 0.1) is 0 Å². The number of alkyl halides is 4. The van der Waals surface area contributed by atoms with Gasteiger partial charge in [-0.1, -0.05) is 28.1 Å². The summed E-state index contributed by atoms with van der Waals surface area (Å²) in [5, 5.41) is 0. The smallest absolute Gasteiger partial charge is 0.293 e. The van der Waals surface area contributed by atoms with Gasteiger partial charge in [0.1, 0.15) is 0 Å². The average molecular weight is 313 g/mol. The lowest BCUT2D eigenvalue weighted by Crippen LogP contribution is -2.14. The van der Waals surface area contributed by atoms with E-state index in [9.17, 15) is 18.0 Å². The average Bonchev–Trinajstić information content (AvgIpc) is 2.15. The topological polar surface area (TPSA) is 17.1 Å². The van der Waals surface area contributed by atoms with Gasteiger partial charge in [-0.25, -0.2) is 0 Å². The minimum absolute atomic E-state index is 0.0254. The molecule has 0 aliphatic rings. The number of rotatable bonds is 2. The number of halogens is 4. The van der Waals surface area contributed by atoms with Crippen LogP contribution in [0.25, 0.3) is 0 Å². The first-order chi connectivity index (χ1) is 7.25. The number of ketones is 1. The van der Waals surface area contributed by atoms with E-state index in [-0.39, 0.29) is 10.5 Å². The normalized spacial score (nSPS) is 13.6. The van der Waals surface area contributed by atoms with Crippen molar-refractivity contribution >= 4 is 34.3 Å². The third-order valence-corrected chi connectivity index (χ3v) is 2.87. The first-order valence-corrected chi connectivity index (χ1v) is 5.69. The molecule has 0 N–H and O–H groups in total. The van der Waals surface area contributed by atoms with Crippen LogP contribution in [-0.4, -0.2) is 10.6 Å². The maximum Gasteiger partial charge on any atom is 0.417 e. The number of hydrogen-bond donors (Lipinski definition) is 1. The molecule has 0 fully saturated rings. The zero-order valence-corrected chi connectivity index (χ0v) is 10.7. The Bertz CT molecular complexity index is 415. The van der Waals surface area contributed by atoms with E-state index in [1.807, 2.05) is 0 Å². The van der Waals surface area contributed by atoms with Gasteiger partial charge < -0.3 is 0 Å². The molecule has 16 heavy (non-hydrogen) atoms. The van der Waals surface area contributed by atoms with Gasteiger partial charge in [0.2, 0.25) is 0 Å². The fraction of sp³-hybridized carbons (Fsp3) is 0.300. The largest absolute Gasteiger partial charge is 0.417 e. The Morgan fingerprint density at radius 2 is 2.00 bits per heavy atom. The molecule has 88 valence electrons. The summed E-state index contributed by atoms with van der Waals surface area (Å²) in [5.41, 5.74) is -0.919. The van der Waals surface area contributed by atoms with Crippen LogP contribution in [0.2, 0.25) is 0 Å². The highest BCUT2D eigenvalue weighted by Crippen LogP contribution is 2.35. The minimum atomic E-state index is -4.50. The second-order valence-electron chi connectivity index (χ2n) is 3.18. The van der Waals surface area contributed by atoms with E-state index >= 15 is 0 Å². The van der Waals surface area contributed by atoms with Gasteiger partial charge in [0.25, 0.3) is 0 Å². The number of Topliss-reactive ketones (excluding diaryl/α,β-unsaturated/α-hetero) is 1. The maximum atomic E-state index is 12.5. The van der Waals surface area contributed by atoms with Crippen molar-refractivity contribution in [3.05, 3.63) is 29.3 Å². The van der Waals surface area contributed by atoms with E-state index in [0.29, 0.717) is 0 Å². The summed E-state index contributed by atoms with van der Waals surface area (Å²) in [4.78, 5) is 10.7. The molecule has 0 saturated heterocycles. The van der Waals surface area contributed by atoms with Gasteiger partial charge in [0.05, 0.1) is 10.4 Å². The summed E-state index contributed by atoms with van der Waals surface area (Å²) in [6.45, 7) is 1.55. The van der Waals surface area contributed by atoms with Gasteiger partial charge in [-0.05, 0) is 13.0 Å². The van der Waals surface area contributed by atoms with Crippen molar-refractivity contribution < 1.29 is 18.0 Å². The molecule has 0 spiro atoms.